The van der Waals surface area contributed by atoms with Gasteiger partial charge in [-0.1, -0.05) is 36.4 Å². The van der Waals surface area contributed by atoms with Crippen LogP contribution in [0.3, 0.4) is 0 Å². The normalized spacial score (nSPS) is 21.9. The molecule has 0 saturated carbocycles. The molecule has 32 heavy (non-hydrogen) atoms. The molecular formula is C23H24F3N3O3. The molecule has 1 saturated heterocycles. The Morgan fingerprint density at radius 1 is 1.25 bits per heavy atom. The van der Waals surface area contributed by atoms with Gasteiger partial charge in [0.1, 0.15) is 5.75 Å². The van der Waals surface area contributed by atoms with Crippen molar-refractivity contribution < 1.29 is 27.5 Å². The van der Waals surface area contributed by atoms with E-state index in [4.69, 9.17) is 4.74 Å². The number of amides is 2. The van der Waals surface area contributed by atoms with Crippen LogP contribution in [0.4, 0.5) is 18.9 Å². The third kappa shape index (κ3) is 4.29. The molecule has 6 nitrogen and oxygen atoms in total. The minimum absolute atomic E-state index is 0.0911. The van der Waals surface area contributed by atoms with Gasteiger partial charge in [0, 0.05) is 13.1 Å². The lowest BCUT2D eigenvalue weighted by atomic mass is 9.84. The molecule has 4 rings (SSSR count). The molecule has 2 N–H and O–H groups in total. The number of rotatable bonds is 5. The zero-order chi connectivity index (χ0) is 22.9. The molecule has 2 atom stereocenters. The number of hydrogen-bond acceptors (Lipinski definition) is 4. The number of benzene rings is 2. The van der Waals surface area contributed by atoms with E-state index in [-0.39, 0.29) is 25.5 Å². The van der Waals surface area contributed by atoms with Gasteiger partial charge in [0.15, 0.2) is 12.0 Å². The van der Waals surface area contributed by atoms with Crippen LogP contribution in [0.1, 0.15) is 30.5 Å². The number of carbonyl (C=O) groups is 2. The van der Waals surface area contributed by atoms with Gasteiger partial charge in [0.05, 0.1) is 11.7 Å². The molecule has 0 aromatic heterocycles. The molecular weight excluding hydrogens is 423 g/mol. The second-order valence-corrected chi connectivity index (χ2v) is 8.31. The van der Waals surface area contributed by atoms with Gasteiger partial charge in [0.25, 0.3) is 5.91 Å². The number of fused-ring (bicyclic) bond motifs is 1. The summed E-state index contributed by atoms with van der Waals surface area (Å²) < 4.78 is 47.7. The third-order valence-corrected chi connectivity index (χ3v) is 6.06. The molecule has 2 heterocycles. The molecule has 2 aliphatic rings. The molecule has 2 amide bonds. The second-order valence-electron chi connectivity index (χ2n) is 8.31. The van der Waals surface area contributed by atoms with Crippen LogP contribution >= 0.6 is 0 Å². The Bertz CT molecular complexity index is 1010. The van der Waals surface area contributed by atoms with Crippen LogP contribution in [0.2, 0.25) is 0 Å². The van der Waals surface area contributed by atoms with Crippen molar-refractivity contribution >= 4 is 17.5 Å². The monoisotopic (exact) mass is 447 g/mol. The number of nitrogens with one attached hydrogen (secondary N) is 2. The van der Waals surface area contributed by atoms with Crippen molar-refractivity contribution in [2.75, 3.05) is 25.0 Å². The number of nitrogens with zero attached hydrogens (tertiary/aromatic N) is 1. The summed E-state index contributed by atoms with van der Waals surface area (Å²) >= 11 is 0. The van der Waals surface area contributed by atoms with Gasteiger partial charge in [0.2, 0.25) is 5.91 Å². The molecule has 0 bridgehead atoms. The average Bonchev–Trinajstić information content (AvgIpc) is 3.19. The van der Waals surface area contributed by atoms with Gasteiger partial charge in [-0.25, -0.2) is 0 Å². The van der Waals surface area contributed by atoms with Crippen molar-refractivity contribution in [1.82, 2.24) is 10.2 Å². The standard InChI is InChI=1S/C23H24F3N3O3/c1-15(17-7-8-19-18(11-17)28-20(30)13-32-19)27-21(31)22(23(24,25)26)9-10-29(14-22)12-16-5-3-2-4-6-16/h2-8,11,15H,9-10,12-14H2,1H3,(H,27,31)(H,28,30). The maximum absolute atomic E-state index is 14.1. The van der Waals surface area contributed by atoms with Gasteiger partial charge in [-0.2, -0.15) is 13.2 Å². The topological polar surface area (TPSA) is 70.7 Å². The van der Waals surface area contributed by atoms with E-state index < -0.39 is 30.1 Å². The Kier molecular flexibility index (Phi) is 5.85. The summed E-state index contributed by atoms with van der Waals surface area (Å²) in [5, 5.41) is 5.21. The van der Waals surface area contributed by atoms with Gasteiger partial charge in [-0.3, -0.25) is 14.5 Å². The van der Waals surface area contributed by atoms with Gasteiger partial charge in [-0.05, 0) is 43.1 Å². The fourth-order valence-electron chi connectivity index (χ4n) is 4.20. The lowest BCUT2D eigenvalue weighted by Gasteiger charge is -2.32. The van der Waals surface area contributed by atoms with Gasteiger partial charge < -0.3 is 15.4 Å². The quantitative estimate of drug-likeness (QED) is 0.734. The van der Waals surface area contributed by atoms with Crippen LogP contribution in [0.15, 0.2) is 48.5 Å². The lowest BCUT2D eigenvalue weighted by Crippen LogP contribution is -2.52. The predicted molar refractivity (Wildman–Crippen MR) is 112 cm³/mol. The Balaban J connectivity index is 1.49. The Morgan fingerprint density at radius 2 is 2.00 bits per heavy atom. The summed E-state index contributed by atoms with van der Waals surface area (Å²) in [5.41, 5.74) is -0.570. The minimum Gasteiger partial charge on any atom is -0.482 e. The summed E-state index contributed by atoms with van der Waals surface area (Å²) in [4.78, 5) is 26.2. The number of alkyl halides is 3. The van der Waals surface area contributed by atoms with E-state index in [0.717, 1.165) is 5.56 Å². The first-order chi connectivity index (χ1) is 15.2. The zero-order valence-corrected chi connectivity index (χ0v) is 17.5. The van der Waals surface area contributed by atoms with Crippen LogP contribution in [0, 0.1) is 5.41 Å². The molecule has 170 valence electrons. The number of hydrogen-bond donors (Lipinski definition) is 2. The van der Waals surface area contributed by atoms with E-state index in [1.54, 1.807) is 30.0 Å². The number of anilines is 1. The first kappa shape index (κ1) is 22.1. The SMILES string of the molecule is CC(NC(=O)C1(C(F)(F)F)CCN(Cc2ccccc2)C1)c1ccc2c(c1)NC(=O)CO2. The molecule has 0 spiro atoms. The minimum atomic E-state index is -4.68. The summed E-state index contributed by atoms with van der Waals surface area (Å²) in [6.07, 6.45) is -4.98. The number of carbonyl (C=O) groups excluding carboxylic acids is 2. The van der Waals surface area contributed by atoms with Crippen molar-refractivity contribution in [2.24, 2.45) is 5.41 Å². The highest BCUT2D eigenvalue weighted by molar-refractivity contribution is 5.95. The molecule has 2 aliphatic heterocycles. The number of ether oxygens (including phenoxy) is 1. The van der Waals surface area contributed by atoms with Crippen LogP contribution < -0.4 is 15.4 Å². The largest absolute Gasteiger partial charge is 0.482 e. The van der Waals surface area contributed by atoms with Crippen LogP contribution in [0.25, 0.3) is 0 Å². The number of likely N-dealkylation sites (tertiary alicyclic amines) is 1. The van der Waals surface area contributed by atoms with E-state index in [1.165, 1.54) is 0 Å². The molecule has 1 fully saturated rings. The molecule has 2 aromatic rings. The highest BCUT2D eigenvalue weighted by atomic mass is 19.4. The van der Waals surface area contributed by atoms with E-state index in [0.29, 0.717) is 23.5 Å². The number of halogens is 3. The summed E-state index contributed by atoms with van der Waals surface area (Å²) in [7, 11) is 0. The van der Waals surface area contributed by atoms with Crippen LogP contribution in [0.5, 0.6) is 5.75 Å². The molecule has 0 radical (unpaired) electrons. The van der Waals surface area contributed by atoms with Crippen molar-refractivity contribution in [1.29, 1.82) is 0 Å². The second kappa shape index (κ2) is 8.46. The first-order valence-corrected chi connectivity index (χ1v) is 10.4. The van der Waals surface area contributed by atoms with Crippen molar-refractivity contribution in [3.63, 3.8) is 0 Å². The summed E-state index contributed by atoms with van der Waals surface area (Å²) in [6, 6.07) is 13.4. The maximum atomic E-state index is 14.1. The Hall–Kier alpha value is -3.07. The summed E-state index contributed by atoms with van der Waals surface area (Å²) in [5.74, 6) is -0.871. The summed E-state index contributed by atoms with van der Waals surface area (Å²) in [6.45, 7) is 1.67. The van der Waals surface area contributed by atoms with E-state index in [2.05, 4.69) is 10.6 Å². The van der Waals surface area contributed by atoms with E-state index >= 15 is 0 Å². The van der Waals surface area contributed by atoms with Gasteiger partial charge >= 0.3 is 6.18 Å². The van der Waals surface area contributed by atoms with E-state index in [9.17, 15) is 22.8 Å². The van der Waals surface area contributed by atoms with Crippen molar-refractivity contribution in [2.45, 2.75) is 32.1 Å². The van der Waals surface area contributed by atoms with Gasteiger partial charge in [-0.15, -0.1) is 0 Å². The molecule has 2 aromatic carbocycles. The van der Waals surface area contributed by atoms with Crippen molar-refractivity contribution in [3.8, 4) is 5.75 Å². The van der Waals surface area contributed by atoms with E-state index in [1.807, 2.05) is 30.3 Å². The Morgan fingerprint density at radius 3 is 2.72 bits per heavy atom. The average molecular weight is 447 g/mol. The lowest BCUT2D eigenvalue weighted by molar-refractivity contribution is -0.218. The molecule has 2 unspecified atom stereocenters. The fourth-order valence-corrected chi connectivity index (χ4v) is 4.20. The predicted octanol–water partition coefficient (Wildman–Crippen LogP) is 3.65. The molecule has 9 heteroatoms. The fraction of sp³-hybridized carbons (Fsp3) is 0.391. The smallest absolute Gasteiger partial charge is 0.404 e. The van der Waals surface area contributed by atoms with Crippen LogP contribution in [-0.4, -0.2) is 42.6 Å². The first-order valence-electron chi connectivity index (χ1n) is 10.4. The molecule has 0 aliphatic carbocycles. The van der Waals surface area contributed by atoms with Crippen LogP contribution in [-0.2, 0) is 16.1 Å². The van der Waals surface area contributed by atoms with Crippen molar-refractivity contribution in [3.05, 3.63) is 59.7 Å². The maximum Gasteiger partial charge on any atom is 0.404 e. The Labute approximate surface area is 183 Å². The zero-order valence-electron chi connectivity index (χ0n) is 17.5. The third-order valence-electron chi connectivity index (χ3n) is 6.06. The highest BCUT2D eigenvalue weighted by Crippen LogP contribution is 2.46. The highest BCUT2D eigenvalue weighted by Gasteiger charge is 2.63.